The molecule has 1 heteroatoms. The fourth-order valence-corrected chi connectivity index (χ4v) is 1.74. The van der Waals surface area contributed by atoms with Crippen LogP contribution < -0.4 is 4.74 Å². The van der Waals surface area contributed by atoms with Crippen molar-refractivity contribution in [2.24, 2.45) is 0 Å². The van der Waals surface area contributed by atoms with Crippen LogP contribution in [0.3, 0.4) is 0 Å². The number of rotatable bonds is 3. The summed E-state index contributed by atoms with van der Waals surface area (Å²) >= 11 is 0. The number of hydrogen-bond acceptors (Lipinski definition) is 1. The number of ether oxygens (including phenoxy) is 1. The summed E-state index contributed by atoms with van der Waals surface area (Å²) < 4.78 is 5.83. The molecular weight excluding hydrogens is 184 g/mol. The van der Waals surface area contributed by atoms with Gasteiger partial charge in [0.1, 0.15) is 11.9 Å². The Morgan fingerprint density at radius 3 is 2.67 bits per heavy atom. The molecule has 0 N–H and O–H groups in total. The summed E-state index contributed by atoms with van der Waals surface area (Å²) in [6.07, 6.45) is 10.00. The van der Waals surface area contributed by atoms with Gasteiger partial charge in [-0.25, -0.2) is 0 Å². The zero-order valence-corrected chi connectivity index (χ0v) is 8.86. The van der Waals surface area contributed by atoms with Gasteiger partial charge in [-0.05, 0) is 43.0 Å². The van der Waals surface area contributed by atoms with Crippen LogP contribution >= 0.6 is 0 Å². The highest BCUT2D eigenvalue weighted by atomic mass is 16.5. The fourth-order valence-electron chi connectivity index (χ4n) is 1.74. The van der Waals surface area contributed by atoms with E-state index in [-0.39, 0.29) is 6.10 Å². The molecule has 0 aromatic heterocycles. The Morgan fingerprint density at radius 2 is 2.07 bits per heavy atom. The Bertz CT molecular complexity index is 348. The SMILES string of the molecule is C=Cc1ccc(OC2C=CCCC2)cc1. The highest BCUT2D eigenvalue weighted by Gasteiger charge is 2.09. The lowest BCUT2D eigenvalue weighted by atomic mass is 10.1. The third kappa shape index (κ3) is 2.72. The number of benzene rings is 1. The molecule has 0 amide bonds. The van der Waals surface area contributed by atoms with Gasteiger partial charge in [0.2, 0.25) is 0 Å². The van der Waals surface area contributed by atoms with Gasteiger partial charge >= 0.3 is 0 Å². The maximum Gasteiger partial charge on any atom is 0.120 e. The third-order valence-corrected chi connectivity index (χ3v) is 2.61. The Hall–Kier alpha value is -1.50. The molecule has 2 rings (SSSR count). The lowest BCUT2D eigenvalue weighted by molar-refractivity contribution is 0.230. The maximum atomic E-state index is 5.83. The van der Waals surface area contributed by atoms with Gasteiger partial charge in [0.25, 0.3) is 0 Å². The van der Waals surface area contributed by atoms with Gasteiger partial charge in [-0.2, -0.15) is 0 Å². The van der Waals surface area contributed by atoms with Crippen LogP contribution in [0.2, 0.25) is 0 Å². The van der Waals surface area contributed by atoms with E-state index in [2.05, 4.69) is 18.7 Å². The topological polar surface area (TPSA) is 9.23 Å². The lowest BCUT2D eigenvalue weighted by Gasteiger charge is -2.18. The molecule has 1 aromatic rings. The predicted octanol–water partition coefficient (Wildman–Crippen LogP) is 3.82. The normalized spacial score (nSPS) is 19.9. The van der Waals surface area contributed by atoms with Gasteiger partial charge in [0.05, 0.1) is 0 Å². The highest BCUT2D eigenvalue weighted by Crippen LogP contribution is 2.19. The molecule has 0 bridgehead atoms. The minimum atomic E-state index is 0.258. The van der Waals surface area contributed by atoms with Gasteiger partial charge in [0.15, 0.2) is 0 Å². The van der Waals surface area contributed by atoms with Crippen molar-refractivity contribution in [2.45, 2.75) is 25.4 Å². The van der Waals surface area contributed by atoms with Gasteiger partial charge in [0, 0.05) is 0 Å². The van der Waals surface area contributed by atoms with Crippen molar-refractivity contribution in [3.8, 4) is 5.75 Å². The van der Waals surface area contributed by atoms with E-state index in [1.54, 1.807) is 0 Å². The average Bonchev–Trinajstić information content (AvgIpc) is 2.31. The largest absolute Gasteiger partial charge is 0.486 e. The predicted molar refractivity (Wildman–Crippen MR) is 63.9 cm³/mol. The summed E-state index contributed by atoms with van der Waals surface area (Å²) in [5.74, 6) is 0.942. The van der Waals surface area contributed by atoms with Crippen molar-refractivity contribution >= 4 is 6.08 Å². The van der Waals surface area contributed by atoms with Gasteiger partial charge in [-0.1, -0.05) is 30.9 Å². The molecule has 1 aliphatic rings. The van der Waals surface area contributed by atoms with Crippen molar-refractivity contribution in [2.75, 3.05) is 0 Å². The van der Waals surface area contributed by atoms with Crippen LogP contribution in [0.15, 0.2) is 43.0 Å². The second kappa shape index (κ2) is 4.83. The first-order valence-electron chi connectivity index (χ1n) is 5.44. The minimum Gasteiger partial charge on any atom is -0.486 e. The summed E-state index contributed by atoms with van der Waals surface area (Å²) in [6, 6.07) is 8.04. The molecule has 0 radical (unpaired) electrons. The first kappa shape index (κ1) is 10.0. The Morgan fingerprint density at radius 1 is 1.27 bits per heavy atom. The molecule has 0 saturated heterocycles. The van der Waals surface area contributed by atoms with Crippen molar-refractivity contribution in [1.29, 1.82) is 0 Å². The molecule has 0 saturated carbocycles. The Kier molecular flexibility index (Phi) is 3.23. The van der Waals surface area contributed by atoms with E-state index in [0.717, 1.165) is 17.7 Å². The Labute approximate surface area is 91.1 Å². The van der Waals surface area contributed by atoms with E-state index in [9.17, 15) is 0 Å². The van der Waals surface area contributed by atoms with Crippen molar-refractivity contribution in [3.63, 3.8) is 0 Å². The van der Waals surface area contributed by atoms with E-state index in [1.165, 1.54) is 12.8 Å². The van der Waals surface area contributed by atoms with Crippen LogP contribution in [0.5, 0.6) is 5.75 Å². The molecule has 78 valence electrons. The molecule has 0 fully saturated rings. The second-order valence-corrected chi connectivity index (χ2v) is 3.79. The molecule has 15 heavy (non-hydrogen) atoms. The Balaban J connectivity index is 2.00. The molecule has 0 heterocycles. The first-order chi connectivity index (χ1) is 7.38. The van der Waals surface area contributed by atoms with Crippen LogP contribution in [0.25, 0.3) is 6.08 Å². The summed E-state index contributed by atoms with van der Waals surface area (Å²) in [4.78, 5) is 0. The van der Waals surface area contributed by atoms with E-state index < -0.39 is 0 Å². The standard InChI is InChI=1S/C14H16O/c1-2-12-8-10-14(11-9-12)15-13-6-4-3-5-7-13/h2,4,6,8-11,13H,1,3,5,7H2. The minimum absolute atomic E-state index is 0.258. The van der Waals surface area contributed by atoms with Gasteiger partial charge in [-0.15, -0.1) is 0 Å². The number of allylic oxidation sites excluding steroid dienone is 1. The van der Waals surface area contributed by atoms with Crippen LogP contribution in [0.4, 0.5) is 0 Å². The molecule has 0 aliphatic heterocycles. The summed E-state index contributed by atoms with van der Waals surface area (Å²) in [7, 11) is 0. The molecule has 1 aromatic carbocycles. The third-order valence-electron chi connectivity index (χ3n) is 2.61. The van der Waals surface area contributed by atoms with Crippen LogP contribution in [0, 0.1) is 0 Å². The first-order valence-corrected chi connectivity index (χ1v) is 5.44. The van der Waals surface area contributed by atoms with Crippen molar-refractivity contribution < 1.29 is 4.74 Å². The van der Waals surface area contributed by atoms with Crippen LogP contribution in [0.1, 0.15) is 24.8 Å². The molecule has 1 atom stereocenters. The van der Waals surface area contributed by atoms with Crippen molar-refractivity contribution in [3.05, 3.63) is 48.6 Å². The lowest BCUT2D eigenvalue weighted by Crippen LogP contribution is -2.15. The van der Waals surface area contributed by atoms with E-state index in [4.69, 9.17) is 4.74 Å². The number of hydrogen-bond donors (Lipinski definition) is 0. The quantitative estimate of drug-likeness (QED) is 0.674. The molecule has 1 nitrogen and oxygen atoms in total. The summed E-state index contributed by atoms with van der Waals surface area (Å²) in [5.41, 5.74) is 1.13. The van der Waals surface area contributed by atoms with E-state index in [1.807, 2.05) is 30.3 Å². The monoisotopic (exact) mass is 200 g/mol. The van der Waals surface area contributed by atoms with Crippen molar-refractivity contribution in [1.82, 2.24) is 0 Å². The molecule has 0 spiro atoms. The van der Waals surface area contributed by atoms with Crippen LogP contribution in [-0.4, -0.2) is 6.10 Å². The smallest absolute Gasteiger partial charge is 0.120 e. The molecule has 1 aliphatic carbocycles. The van der Waals surface area contributed by atoms with Gasteiger partial charge in [-0.3, -0.25) is 0 Å². The highest BCUT2D eigenvalue weighted by molar-refractivity contribution is 5.48. The average molecular weight is 200 g/mol. The van der Waals surface area contributed by atoms with E-state index in [0.29, 0.717) is 0 Å². The zero-order valence-electron chi connectivity index (χ0n) is 8.86. The molecule has 1 unspecified atom stereocenters. The van der Waals surface area contributed by atoms with Gasteiger partial charge < -0.3 is 4.74 Å². The second-order valence-electron chi connectivity index (χ2n) is 3.79. The summed E-state index contributed by atoms with van der Waals surface area (Å²) in [6.45, 7) is 3.72. The maximum absolute atomic E-state index is 5.83. The fraction of sp³-hybridized carbons (Fsp3) is 0.286. The summed E-state index contributed by atoms with van der Waals surface area (Å²) in [5, 5.41) is 0. The zero-order chi connectivity index (χ0) is 10.5. The van der Waals surface area contributed by atoms with Crippen LogP contribution in [-0.2, 0) is 0 Å². The molecular formula is C14H16O. The van der Waals surface area contributed by atoms with E-state index >= 15 is 0 Å².